The summed E-state index contributed by atoms with van der Waals surface area (Å²) < 4.78 is 17.4. The number of carbonyl (C=O) groups excluding carboxylic acids is 3. The lowest BCUT2D eigenvalue weighted by Crippen LogP contribution is -2.53. The molecule has 0 spiro atoms. The molecule has 0 aromatic rings. The third-order valence-electron chi connectivity index (χ3n) is 7.17. The summed E-state index contributed by atoms with van der Waals surface area (Å²) in [4.78, 5) is 40.1. The molecule has 0 aliphatic heterocycles. The maximum Gasteiger partial charge on any atom is 0.333 e. The number of carbonyl (C=O) groups is 3. The first-order chi connectivity index (χ1) is 15.6. The van der Waals surface area contributed by atoms with Crippen LogP contribution in [0.3, 0.4) is 0 Å². The van der Waals surface area contributed by atoms with E-state index >= 15 is 0 Å². The van der Waals surface area contributed by atoms with Crippen molar-refractivity contribution in [3.05, 3.63) is 24.8 Å². The van der Waals surface area contributed by atoms with E-state index in [2.05, 4.69) is 13.2 Å². The predicted octanol–water partition coefficient (Wildman–Crippen LogP) is 5.69. The van der Waals surface area contributed by atoms with Gasteiger partial charge in [0.15, 0.2) is 5.41 Å². The van der Waals surface area contributed by atoms with Crippen LogP contribution in [-0.4, -0.2) is 34.7 Å². The molecule has 4 aliphatic carbocycles. The quantitative estimate of drug-likeness (QED) is 0.148. The Morgan fingerprint density at radius 1 is 0.853 bits per heavy atom. The van der Waals surface area contributed by atoms with Crippen LogP contribution in [0.5, 0.6) is 0 Å². The summed E-state index contributed by atoms with van der Waals surface area (Å²) in [5.41, 5.74) is -3.78. The Kier molecular flexibility index (Phi) is 7.14. The number of allylic oxidation sites excluding steroid dienone is 1. The minimum atomic E-state index is -1.76. The largest absolute Gasteiger partial charge is 0.459 e. The van der Waals surface area contributed by atoms with E-state index < -0.39 is 40.1 Å². The van der Waals surface area contributed by atoms with E-state index in [9.17, 15) is 14.4 Å². The Morgan fingerprint density at radius 3 is 1.62 bits per heavy atom. The number of esters is 3. The van der Waals surface area contributed by atoms with Gasteiger partial charge in [0.25, 0.3) is 0 Å². The van der Waals surface area contributed by atoms with Gasteiger partial charge < -0.3 is 14.2 Å². The lowest BCUT2D eigenvalue weighted by molar-refractivity contribution is -0.186. The van der Waals surface area contributed by atoms with Crippen molar-refractivity contribution in [2.45, 2.75) is 110 Å². The number of hydrogen-bond donors (Lipinski definition) is 0. The molecule has 190 valence electrons. The van der Waals surface area contributed by atoms with Crippen LogP contribution in [0.25, 0.3) is 0 Å². The average Bonchev–Trinajstić information content (AvgIpc) is 2.63. The molecule has 6 heteroatoms. The average molecular weight is 475 g/mol. The minimum absolute atomic E-state index is 0.0412. The summed E-state index contributed by atoms with van der Waals surface area (Å²) in [6.45, 7) is 18.1. The number of hydrogen-bond acceptors (Lipinski definition) is 6. The van der Waals surface area contributed by atoms with Crippen molar-refractivity contribution in [1.82, 2.24) is 0 Å². The van der Waals surface area contributed by atoms with Gasteiger partial charge in [-0.25, -0.2) is 4.79 Å². The Bertz CT molecular complexity index is 790. The fourth-order valence-electron chi connectivity index (χ4n) is 6.33. The van der Waals surface area contributed by atoms with E-state index in [4.69, 9.17) is 14.2 Å². The van der Waals surface area contributed by atoms with Gasteiger partial charge in [-0.1, -0.05) is 12.7 Å². The zero-order valence-electron chi connectivity index (χ0n) is 21.8. The third-order valence-corrected chi connectivity index (χ3v) is 7.17. The normalized spacial score (nSPS) is 28.2. The summed E-state index contributed by atoms with van der Waals surface area (Å²) in [6.07, 6.45) is 7.59. The van der Waals surface area contributed by atoms with Crippen LogP contribution in [0.1, 0.15) is 92.9 Å². The van der Waals surface area contributed by atoms with E-state index in [1.807, 2.05) is 0 Å². The summed E-state index contributed by atoms with van der Waals surface area (Å²) >= 11 is 0. The predicted molar refractivity (Wildman–Crippen MR) is 130 cm³/mol. The lowest BCUT2D eigenvalue weighted by Gasteiger charge is -2.55. The molecule has 4 fully saturated rings. The Labute approximate surface area is 204 Å². The fraction of sp³-hybridized carbons (Fsp3) is 0.750. The van der Waals surface area contributed by atoms with Crippen molar-refractivity contribution >= 4 is 17.9 Å². The van der Waals surface area contributed by atoms with Gasteiger partial charge in [0.2, 0.25) is 0 Å². The Morgan fingerprint density at radius 2 is 1.26 bits per heavy atom. The van der Waals surface area contributed by atoms with Crippen molar-refractivity contribution in [1.29, 1.82) is 0 Å². The highest BCUT2D eigenvalue weighted by Gasteiger charge is 2.55. The molecular formula is C28H42O6. The molecule has 6 nitrogen and oxygen atoms in total. The molecule has 0 aromatic carbocycles. The Balaban J connectivity index is 1.83. The van der Waals surface area contributed by atoms with Gasteiger partial charge in [0.1, 0.15) is 16.8 Å². The molecule has 0 N–H and O–H groups in total. The summed E-state index contributed by atoms with van der Waals surface area (Å²) in [5.74, 6) is -0.180. The second kappa shape index (κ2) is 9.16. The molecule has 4 aliphatic rings. The highest BCUT2D eigenvalue weighted by atomic mass is 16.6. The Hall–Kier alpha value is -2.11. The van der Waals surface area contributed by atoms with E-state index in [-0.39, 0.29) is 18.4 Å². The van der Waals surface area contributed by atoms with Crippen LogP contribution in [0, 0.1) is 23.2 Å². The standard InChI is InChI=1S/C28H42O6/c1-9-10-28(23(30)33-25(3,4)5,24(31)34-26(6,7)8)14-18(2)22(29)32-27-15-19-11-20(16-27)13-21(12-19)17-27/h9,19-21H,1-2,10-17H2,3-8H3. The number of ether oxygens (including phenoxy) is 3. The van der Waals surface area contributed by atoms with Gasteiger partial charge in [-0.05, 0) is 104 Å². The lowest BCUT2D eigenvalue weighted by atomic mass is 9.54. The van der Waals surface area contributed by atoms with Crippen LogP contribution in [0.15, 0.2) is 24.8 Å². The van der Waals surface area contributed by atoms with Crippen LogP contribution >= 0.6 is 0 Å². The SMILES string of the molecule is C=CCC(CC(=C)C(=O)OC12CC3CC(CC(C3)C1)C2)(C(=O)OC(C)(C)C)C(=O)OC(C)(C)C. The molecule has 4 rings (SSSR count). The second-order valence-corrected chi connectivity index (χ2v) is 12.8. The van der Waals surface area contributed by atoms with E-state index in [0.717, 1.165) is 19.3 Å². The summed E-state index contributed by atoms with van der Waals surface area (Å²) in [6, 6.07) is 0. The molecule has 0 atom stereocenters. The van der Waals surface area contributed by atoms with Gasteiger partial charge >= 0.3 is 17.9 Å². The molecule has 0 amide bonds. The highest BCUT2D eigenvalue weighted by Crippen LogP contribution is 2.57. The van der Waals surface area contributed by atoms with Crippen LogP contribution in [0.4, 0.5) is 0 Å². The van der Waals surface area contributed by atoms with Gasteiger partial charge in [-0.15, -0.1) is 6.58 Å². The molecule has 0 saturated heterocycles. The maximum atomic E-state index is 13.4. The van der Waals surface area contributed by atoms with Crippen molar-refractivity contribution in [2.75, 3.05) is 0 Å². The van der Waals surface area contributed by atoms with Crippen LogP contribution < -0.4 is 0 Å². The van der Waals surface area contributed by atoms with Crippen molar-refractivity contribution in [2.24, 2.45) is 23.2 Å². The minimum Gasteiger partial charge on any atom is -0.459 e. The summed E-state index contributed by atoms with van der Waals surface area (Å²) in [5, 5.41) is 0. The van der Waals surface area contributed by atoms with E-state index in [1.165, 1.54) is 25.3 Å². The molecule has 34 heavy (non-hydrogen) atoms. The van der Waals surface area contributed by atoms with E-state index in [1.54, 1.807) is 41.5 Å². The molecule has 0 unspecified atom stereocenters. The highest BCUT2D eigenvalue weighted by molar-refractivity contribution is 6.02. The van der Waals surface area contributed by atoms with Gasteiger partial charge in [-0.3, -0.25) is 9.59 Å². The van der Waals surface area contributed by atoms with Crippen LogP contribution in [-0.2, 0) is 28.6 Å². The van der Waals surface area contributed by atoms with Gasteiger partial charge in [0, 0.05) is 12.0 Å². The zero-order valence-corrected chi connectivity index (χ0v) is 21.8. The molecule has 0 heterocycles. The molecule has 4 saturated carbocycles. The first-order valence-electron chi connectivity index (χ1n) is 12.6. The fourth-order valence-corrected chi connectivity index (χ4v) is 6.33. The topological polar surface area (TPSA) is 78.9 Å². The smallest absolute Gasteiger partial charge is 0.333 e. The van der Waals surface area contributed by atoms with Gasteiger partial charge in [-0.2, -0.15) is 0 Å². The van der Waals surface area contributed by atoms with Crippen molar-refractivity contribution in [3.63, 3.8) is 0 Å². The van der Waals surface area contributed by atoms with Crippen LogP contribution in [0.2, 0.25) is 0 Å². The molecule has 0 radical (unpaired) electrons. The first kappa shape index (κ1) is 26.5. The zero-order chi connectivity index (χ0) is 25.5. The maximum absolute atomic E-state index is 13.4. The molecule has 4 bridgehead atoms. The molecule has 0 aromatic heterocycles. The van der Waals surface area contributed by atoms with Crippen molar-refractivity contribution in [3.8, 4) is 0 Å². The van der Waals surface area contributed by atoms with Crippen molar-refractivity contribution < 1.29 is 28.6 Å². The molecular weight excluding hydrogens is 432 g/mol. The first-order valence-corrected chi connectivity index (χ1v) is 12.6. The summed E-state index contributed by atoms with van der Waals surface area (Å²) in [7, 11) is 0. The number of rotatable bonds is 8. The van der Waals surface area contributed by atoms with E-state index in [0.29, 0.717) is 17.8 Å². The third kappa shape index (κ3) is 5.92. The monoisotopic (exact) mass is 474 g/mol. The van der Waals surface area contributed by atoms with Gasteiger partial charge in [0.05, 0.1) is 0 Å². The second-order valence-electron chi connectivity index (χ2n) is 12.8.